The largest absolute Gasteiger partial charge is 0.624 e. The van der Waals surface area contributed by atoms with Gasteiger partial charge in [-0.3, -0.25) is 9.96 Å². The van der Waals surface area contributed by atoms with E-state index < -0.39 is 4.65 Å². The van der Waals surface area contributed by atoms with Crippen LogP contribution in [0.5, 0.6) is 0 Å². The van der Waals surface area contributed by atoms with Crippen LogP contribution < -0.4 is 11.1 Å². The summed E-state index contributed by atoms with van der Waals surface area (Å²) in [5, 5.41) is 20.8. The van der Waals surface area contributed by atoms with E-state index in [9.17, 15) is 5.21 Å². The Kier molecular flexibility index (Phi) is 1.40. The second-order valence-corrected chi connectivity index (χ2v) is 2.16. The Morgan fingerprint density at radius 2 is 2.44 bits per heavy atom. The zero-order chi connectivity index (χ0) is 6.91. The van der Waals surface area contributed by atoms with Crippen molar-refractivity contribution in [3.63, 3.8) is 0 Å². The van der Waals surface area contributed by atoms with Crippen LogP contribution in [0.15, 0.2) is 0 Å². The normalized spacial score (nSPS) is 34.8. The van der Waals surface area contributed by atoms with Crippen LogP contribution in [0, 0.1) is 10.6 Å². The van der Waals surface area contributed by atoms with Crippen molar-refractivity contribution in [2.45, 2.75) is 0 Å². The van der Waals surface area contributed by atoms with Gasteiger partial charge in [-0.05, 0) is 0 Å². The first-order chi connectivity index (χ1) is 4.15. The molecule has 1 heterocycles. The van der Waals surface area contributed by atoms with Gasteiger partial charge in [-0.15, -0.1) is 0 Å². The molecule has 1 atom stereocenters. The minimum Gasteiger partial charge on any atom is -0.624 e. The van der Waals surface area contributed by atoms with Crippen LogP contribution in [0.4, 0.5) is 0 Å². The van der Waals surface area contributed by atoms with Crippen LogP contribution in [0.3, 0.4) is 0 Å². The number of nitrogens with one attached hydrogen (secondary N) is 2. The molecular formula is C4H10N4O. The highest BCUT2D eigenvalue weighted by Gasteiger charge is 2.25. The molecular weight excluding hydrogens is 120 g/mol. The van der Waals surface area contributed by atoms with Crippen molar-refractivity contribution >= 4 is 5.96 Å². The zero-order valence-corrected chi connectivity index (χ0v) is 5.05. The summed E-state index contributed by atoms with van der Waals surface area (Å²) in [5.74, 6) is -0.306. The molecule has 0 bridgehead atoms. The molecule has 0 aliphatic carbocycles. The van der Waals surface area contributed by atoms with E-state index in [1.165, 1.54) is 0 Å². The van der Waals surface area contributed by atoms with E-state index in [0.717, 1.165) is 0 Å². The van der Waals surface area contributed by atoms with Crippen molar-refractivity contribution in [2.24, 2.45) is 5.73 Å². The Morgan fingerprint density at radius 1 is 1.78 bits per heavy atom. The van der Waals surface area contributed by atoms with E-state index in [4.69, 9.17) is 11.1 Å². The Labute approximate surface area is 53.1 Å². The average molecular weight is 130 g/mol. The maximum absolute atomic E-state index is 11.1. The molecule has 1 saturated heterocycles. The van der Waals surface area contributed by atoms with Crippen molar-refractivity contribution in [2.75, 3.05) is 19.8 Å². The minimum absolute atomic E-state index is 0.245. The van der Waals surface area contributed by atoms with E-state index in [1.807, 2.05) is 0 Å². The lowest BCUT2D eigenvalue weighted by Crippen LogP contribution is -2.50. The standard InChI is InChI=1S/C4H10N4O/c5-4(6)8(9)2-1-7-3-8/h7H,1-3H2,(H3,5,6). The fourth-order valence-corrected chi connectivity index (χ4v) is 0.804. The maximum Gasteiger partial charge on any atom is 0.293 e. The summed E-state index contributed by atoms with van der Waals surface area (Å²) in [6.07, 6.45) is 0. The minimum atomic E-state index is -0.694. The van der Waals surface area contributed by atoms with Gasteiger partial charge in [0.25, 0.3) is 5.96 Å². The molecule has 0 aromatic rings. The second-order valence-electron chi connectivity index (χ2n) is 2.16. The molecule has 0 spiro atoms. The molecule has 52 valence electrons. The van der Waals surface area contributed by atoms with Crippen molar-refractivity contribution in [3.05, 3.63) is 5.21 Å². The van der Waals surface area contributed by atoms with Crippen molar-refractivity contribution < 1.29 is 4.65 Å². The van der Waals surface area contributed by atoms with Crippen molar-refractivity contribution in [1.29, 1.82) is 5.41 Å². The number of hydroxylamine groups is 3. The molecule has 0 saturated carbocycles. The highest BCUT2D eigenvalue weighted by molar-refractivity contribution is 5.67. The molecule has 0 aromatic heterocycles. The SMILES string of the molecule is N=C(N)[N+]1([O-])CCNC1. The van der Waals surface area contributed by atoms with Gasteiger partial charge in [0.1, 0.15) is 6.67 Å². The lowest BCUT2D eigenvalue weighted by Gasteiger charge is -2.33. The Bertz CT molecular complexity index is 129. The highest BCUT2D eigenvalue weighted by Crippen LogP contribution is 2.03. The van der Waals surface area contributed by atoms with Crippen LogP contribution in [-0.2, 0) is 0 Å². The van der Waals surface area contributed by atoms with Gasteiger partial charge >= 0.3 is 0 Å². The monoisotopic (exact) mass is 130 g/mol. The van der Waals surface area contributed by atoms with Crippen LogP contribution in [0.25, 0.3) is 0 Å². The number of guanidine groups is 1. The van der Waals surface area contributed by atoms with Gasteiger partial charge in [0.05, 0.1) is 13.1 Å². The molecule has 5 nitrogen and oxygen atoms in total. The molecule has 1 rings (SSSR count). The van der Waals surface area contributed by atoms with Crippen LogP contribution in [0.1, 0.15) is 0 Å². The van der Waals surface area contributed by atoms with E-state index in [-0.39, 0.29) is 12.6 Å². The second kappa shape index (κ2) is 1.94. The third-order valence-electron chi connectivity index (χ3n) is 1.46. The van der Waals surface area contributed by atoms with Crippen molar-refractivity contribution in [1.82, 2.24) is 5.32 Å². The first kappa shape index (κ1) is 6.47. The summed E-state index contributed by atoms with van der Waals surface area (Å²) in [7, 11) is 0. The summed E-state index contributed by atoms with van der Waals surface area (Å²) >= 11 is 0. The van der Waals surface area contributed by atoms with Crippen LogP contribution >= 0.6 is 0 Å². The van der Waals surface area contributed by atoms with Gasteiger partial charge in [0.15, 0.2) is 0 Å². The molecule has 1 aliphatic heterocycles. The number of nitrogens with zero attached hydrogens (tertiary/aromatic N) is 1. The Hall–Kier alpha value is -0.650. The van der Waals surface area contributed by atoms with Gasteiger partial charge < -0.3 is 10.9 Å². The molecule has 1 fully saturated rings. The summed E-state index contributed by atoms with van der Waals surface area (Å²) in [6, 6.07) is 0. The van der Waals surface area contributed by atoms with Crippen molar-refractivity contribution in [3.8, 4) is 0 Å². The van der Waals surface area contributed by atoms with Gasteiger partial charge in [-0.1, -0.05) is 0 Å². The van der Waals surface area contributed by atoms with E-state index >= 15 is 0 Å². The molecule has 4 N–H and O–H groups in total. The molecule has 5 heteroatoms. The van der Waals surface area contributed by atoms with Gasteiger partial charge in [-0.25, -0.2) is 5.41 Å². The first-order valence-electron chi connectivity index (χ1n) is 2.78. The highest BCUT2D eigenvalue weighted by atomic mass is 16.6. The third-order valence-corrected chi connectivity index (χ3v) is 1.46. The lowest BCUT2D eigenvalue weighted by atomic mass is 10.6. The number of hydrogen-bond donors (Lipinski definition) is 3. The van der Waals surface area contributed by atoms with Gasteiger partial charge in [-0.2, -0.15) is 0 Å². The first-order valence-corrected chi connectivity index (χ1v) is 2.78. The van der Waals surface area contributed by atoms with E-state index in [2.05, 4.69) is 5.32 Å². The summed E-state index contributed by atoms with van der Waals surface area (Å²) in [4.78, 5) is 0. The quantitative estimate of drug-likeness (QED) is 0.166. The van der Waals surface area contributed by atoms with Crippen LogP contribution in [-0.4, -0.2) is 30.4 Å². The average Bonchev–Trinajstić information content (AvgIpc) is 2.16. The summed E-state index contributed by atoms with van der Waals surface area (Å²) in [6.45, 7) is 1.29. The zero-order valence-electron chi connectivity index (χ0n) is 5.05. The number of quaternary nitrogens is 1. The maximum atomic E-state index is 11.1. The predicted molar refractivity (Wildman–Crippen MR) is 33.3 cm³/mol. The molecule has 1 aliphatic rings. The van der Waals surface area contributed by atoms with E-state index in [0.29, 0.717) is 13.1 Å². The topological polar surface area (TPSA) is 85.0 Å². The Balaban J connectivity index is 2.61. The molecule has 0 amide bonds. The predicted octanol–water partition coefficient (Wildman–Crippen LogP) is -1.24. The third kappa shape index (κ3) is 1.02. The summed E-state index contributed by atoms with van der Waals surface area (Å²) < 4.78 is -0.694. The fraction of sp³-hybridized carbons (Fsp3) is 0.750. The molecule has 0 aromatic carbocycles. The summed E-state index contributed by atoms with van der Waals surface area (Å²) in [5.41, 5.74) is 5.04. The number of rotatable bonds is 0. The van der Waals surface area contributed by atoms with Crippen LogP contribution in [0.2, 0.25) is 0 Å². The smallest absolute Gasteiger partial charge is 0.293 e. The lowest BCUT2D eigenvalue weighted by molar-refractivity contribution is -0.778. The fourth-order valence-electron chi connectivity index (χ4n) is 0.804. The van der Waals surface area contributed by atoms with E-state index in [1.54, 1.807) is 0 Å². The van der Waals surface area contributed by atoms with Gasteiger partial charge in [0, 0.05) is 0 Å². The Morgan fingerprint density at radius 3 is 2.67 bits per heavy atom. The van der Waals surface area contributed by atoms with Gasteiger partial charge in [0.2, 0.25) is 0 Å². The molecule has 9 heavy (non-hydrogen) atoms. The number of hydrogen-bond acceptors (Lipinski definition) is 3. The molecule has 1 unspecified atom stereocenters. The number of nitrogens with two attached hydrogens (primary N) is 1. The molecule has 0 radical (unpaired) electrons.